The number of para-hydroxylation sites is 1. The zero-order chi connectivity index (χ0) is 21.4. The second kappa shape index (κ2) is 4.99. The molecule has 0 unspecified atom stereocenters. The number of fused-ring (bicyclic) bond motifs is 6. The normalized spacial score (nSPS) is 15.2. The predicted molar refractivity (Wildman–Crippen MR) is 103 cm³/mol. The minimum Gasteiger partial charge on any atom is -0.248 e. The summed E-state index contributed by atoms with van der Waals surface area (Å²) < 4.78 is 41.0. The summed E-state index contributed by atoms with van der Waals surface area (Å²) in [6.07, 6.45) is 0. The molecule has 2 aliphatic rings. The molecule has 2 nitrogen and oxygen atoms in total. The lowest BCUT2D eigenvalue weighted by Gasteiger charge is -2.10. The molecule has 0 aliphatic carbocycles. The van der Waals surface area contributed by atoms with Gasteiger partial charge in [0.2, 0.25) is 0 Å². The van der Waals surface area contributed by atoms with Crippen LogP contribution in [0, 0.1) is 10.4 Å². The average molecular weight is 335 g/mol. The first-order valence-electron chi connectivity index (χ1n) is 10.9. The van der Waals surface area contributed by atoms with Crippen LogP contribution in [0.2, 0.25) is 0 Å². The second-order valence-corrected chi connectivity index (χ2v) is 6.30. The summed E-state index contributed by atoms with van der Waals surface area (Å²) >= 11 is 0. The Kier molecular flexibility index (Phi) is 1.89. The third-order valence-electron chi connectivity index (χ3n) is 4.89. The molecule has 0 bridgehead atoms. The number of nitrogens with zero attached hydrogens (tertiary/aromatic N) is 2. The molecule has 0 amide bonds. The van der Waals surface area contributed by atoms with Crippen molar-refractivity contribution >= 4 is 11.4 Å². The van der Waals surface area contributed by atoms with E-state index in [1.54, 1.807) is 12.1 Å². The van der Waals surface area contributed by atoms with Gasteiger partial charge in [-0.3, -0.25) is 0 Å². The molecule has 0 saturated carbocycles. The summed E-state index contributed by atoms with van der Waals surface area (Å²) in [4.78, 5) is 9.61. The Morgan fingerprint density at radius 3 is 2.46 bits per heavy atom. The van der Waals surface area contributed by atoms with Gasteiger partial charge in [-0.15, -0.1) is 0 Å². The lowest BCUT2D eigenvalue weighted by Crippen LogP contribution is -2.00. The van der Waals surface area contributed by atoms with Crippen LogP contribution >= 0.6 is 0 Å². The van der Waals surface area contributed by atoms with Gasteiger partial charge in [-0.05, 0) is 35.4 Å². The monoisotopic (exact) mass is 335 g/mol. The summed E-state index contributed by atoms with van der Waals surface area (Å²) in [7, 11) is 0. The molecule has 2 heterocycles. The predicted octanol–water partition coefficient (Wildman–Crippen LogP) is 4.84. The maximum Gasteiger partial charge on any atom is 0.0817 e. The fourth-order valence-corrected chi connectivity index (χ4v) is 3.79. The molecular formula is C24H14N2. The molecule has 4 aromatic rings. The van der Waals surface area contributed by atoms with E-state index in [0.717, 1.165) is 38.0 Å². The Morgan fingerprint density at radius 1 is 0.654 bits per heavy atom. The van der Waals surface area contributed by atoms with Gasteiger partial charge in [-0.1, -0.05) is 60.5 Å². The van der Waals surface area contributed by atoms with Crippen LogP contribution in [0.5, 0.6) is 0 Å². The molecule has 0 saturated heterocycles. The Balaban J connectivity index is 1.75. The summed E-state index contributed by atoms with van der Waals surface area (Å²) in [5.41, 5.74) is 3.85. The Labute approximate surface area is 157 Å². The zero-order valence-corrected chi connectivity index (χ0v) is 13.6. The number of hydrogen-bond acceptors (Lipinski definition) is 2. The first-order chi connectivity index (χ1) is 15.0. The van der Waals surface area contributed by atoms with Gasteiger partial charge in [-0.2, -0.15) is 0 Å². The molecule has 2 heteroatoms. The molecule has 120 valence electrons. The minimum atomic E-state index is -0.400. The van der Waals surface area contributed by atoms with Gasteiger partial charge in [-0.25, -0.2) is 9.98 Å². The molecule has 2 aliphatic heterocycles. The van der Waals surface area contributed by atoms with Crippen LogP contribution in [0.3, 0.4) is 0 Å². The van der Waals surface area contributed by atoms with Crippen molar-refractivity contribution in [2.45, 2.75) is 0 Å². The van der Waals surface area contributed by atoms with E-state index in [1.807, 2.05) is 42.5 Å². The summed E-state index contributed by atoms with van der Waals surface area (Å²) in [5, 5.41) is 3.71. The van der Waals surface area contributed by atoms with Gasteiger partial charge >= 0.3 is 0 Å². The molecule has 0 fully saturated rings. The zero-order valence-electron chi connectivity index (χ0n) is 18.6. The molecule has 0 spiro atoms. The first-order valence-corrected chi connectivity index (χ1v) is 8.38. The summed E-state index contributed by atoms with van der Waals surface area (Å²) in [5.74, 6) is 0. The lowest BCUT2D eigenvalue weighted by molar-refractivity contribution is 1.36. The van der Waals surface area contributed by atoms with Gasteiger partial charge in [0.25, 0.3) is 0 Å². The van der Waals surface area contributed by atoms with Crippen molar-refractivity contribution in [1.82, 2.24) is 0 Å². The highest BCUT2D eigenvalue weighted by Gasteiger charge is 2.23. The first kappa shape index (κ1) is 9.83. The summed E-state index contributed by atoms with van der Waals surface area (Å²) in [6.45, 7) is 0. The molecule has 0 atom stereocenters. The third kappa shape index (κ3) is 1.76. The largest absolute Gasteiger partial charge is 0.248 e. The molecule has 0 radical (unpaired) electrons. The van der Waals surface area contributed by atoms with Crippen molar-refractivity contribution in [2.75, 3.05) is 0 Å². The quantitative estimate of drug-likeness (QED) is 0.411. The van der Waals surface area contributed by atoms with Crippen molar-refractivity contribution in [1.29, 1.82) is 0 Å². The van der Waals surface area contributed by atoms with Gasteiger partial charge in [0.15, 0.2) is 0 Å². The fourth-order valence-electron chi connectivity index (χ4n) is 3.79. The van der Waals surface area contributed by atoms with E-state index in [4.69, 9.17) is 16.8 Å². The highest BCUT2D eigenvalue weighted by Crippen LogP contribution is 2.44. The second-order valence-electron chi connectivity index (χ2n) is 6.30. The van der Waals surface area contributed by atoms with Crippen LogP contribution in [-0.4, -0.2) is 0 Å². The van der Waals surface area contributed by atoms with E-state index in [-0.39, 0.29) is 29.7 Å². The molecule has 0 aromatic heterocycles. The minimum absolute atomic E-state index is 0.180. The van der Waals surface area contributed by atoms with Gasteiger partial charge < -0.3 is 0 Å². The maximum absolute atomic E-state index is 8.45. The fraction of sp³-hybridized carbons (Fsp3) is 0. The van der Waals surface area contributed by atoms with Crippen LogP contribution in [0.1, 0.15) is 6.85 Å². The molecular weight excluding hydrogens is 316 g/mol. The maximum atomic E-state index is 8.45. The molecule has 6 rings (SSSR count). The van der Waals surface area contributed by atoms with Crippen LogP contribution in [0.25, 0.3) is 22.3 Å². The third-order valence-corrected chi connectivity index (χ3v) is 4.89. The average Bonchev–Trinajstić information content (AvgIpc) is 3.35. The molecule has 26 heavy (non-hydrogen) atoms. The van der Waals surface area contributed by atoms with E-state index < -0.39 is 6.04 Å². The van der Waals surface area contributed by atoms with E-state index in [9.17, 15) is 0 Å². The SMILES string of the molecule is [2H]c1c([2H])c([2H])c(-c2cccc3c2-c2c4c(ccc2=N3)=c2ccccc2=N4)c([2H])c1[2H]. The van der Waals surface area contributed by atoms with Crippen molar-refractivity contribution < 1.29 is 6.85 Å². The number of benzene rings is 4. The topological polar surface area (TPSA) is 24.7 Å². The van der Waals surface area contributed by atoms with Crippen molar-refractivity contribution in [2.24, 2.45) is 9.98 Å². The van der Waals surface area contributed by atoms with Gasteiger partial charge in [0.05, 0.1) is 28.9 Å². The van der Waals surface area contributed by atoms with Crippen molar-refractivity contribution in [3.8, 4) is 22.3 Å². The van der Waals surface area contributed by atoms with Crippen molar-refractivity contribution in [3.63, 3.8) is 0 Å². The highest BCUT2D eigenvalue weighted by molar-refractivity contribution is 5.96. The number of hydrogen-bond donors (Lipinski definition) is 0. The van der Waals surface area contributed by atoms with Crippen LogP contribution < -0.4 is 10.7 Å². The number of rotatable bonds is 1. The van der Waals surface area contributed by atoms with Crippen molar-refractivity contribution in [3.05, 3.63) is 106 Å². The molecule has 0 N–H and O–H groups in total. The highest BCUT2D eigenvalue weighted by atomic mass is 14.8. The van der Waals surface area contributed by atoms with E-state index in [0.29, 0.717) is 11.3 Å². The molecule has 4 aromatic carbocycles. The van der Waals surface area contributed by atoms with Crippen LogP contribution in [-0.2, 0) is 0 Å². The standard InChI is InChI=1S/C24H14N2/c1-2-7-15(8-3-1)16-10-6-12-20-22(16)23-21(25-20)14-13-18-17-9-4-5-11-19(17)26-24(18)23/h1-14H/i1D,2D,3D,7D,8D. The van der Waals surface area contributed by atoms with E-state index in [1.165, 1.54) is 0 Å². The lowest BCUT2D eigenvalue weighted by atomic mass is 9.93. The van der Waals surface area contributed by atoms with E-state index in [2.05, 4.69) is 0 Å². The van der Waals surface area contributed by atoms with Crippen LogP contribution in [0.15, 0.2) is 94.8 Å². The van der Waals surface area contributed by atoms with Crippen LogP contribution in [0.4, 0.5) is 11.4 Å². The summed E-state index contributed by atoms with van der Waals surface area (Å²) in [6, 6.07) is 15.8. The smallest absolute Gasteiger partial charge is 0.0817 e. The Bertz CT molecular complexity index is 1660. The Hall–Kier alpha value is -3.52. The van der Waals surface area contributed by atoms with Gasteiger partial charge in [0.1, 0.15) is 0 Å². The Morgan fingerprint density at radius 2 is 1.54 bits per heavy atom. The van der Waals surface area contributed by atoms with E-state index >= 15 is 0 Å². The van der Waals surface area contributed by atoms with Gasteiger partial charge in [0, 0.05) is 21.6 Å².